The summed E-state index contributed by atoms with van der Waals surface area (Å²) < 4.78 is 0. The second-order valence-electron chi connectivity index (χ2n) is 2.22. The van der Waals surface area contributed by atoms with Gasteiger partial charge in [0.1, 0.15) is 5.54 Å². The SMILES string of the molecule is C=CC[C@@](C)(N)C(=O)O.Cl. The minimum absolute atomic E-state index is 0. The van der Waals surface area contributed by atoms with Gasteiger partial charge >= 0.3 is 5.97 Å². The van der Waals surface area contributed by atoms with E-state index in [4.69, 9.17) is 10.8 Å². The molecular formula is C6H12ClNO2. The molecule has 0 aromatic heterocycles. The molecule has 0 saturated heterocycles. The van der Waals surface area contributed by atoms with Gasteiger partial charge in [-0.15, -0.1) is 19.0 Å². The first kappa shape index (κ1) is 12.2. The number of carbonyl (C=O) groups is 1. The van der Waals surface area contributed by atoms with E-state index in [9.17, 15) is 4.79 Å². The third-order valence-corrected chi connectivity index (χ3v) is 1.06. The van der Waals surface area contributed by atoms with Crippen molar-refractivity contribution in [3.05, 3.63) is 12.7 Å². The molecule has 0 aliphatic heterocycles. The molecule has 0 unspecified atom stereocenters. The molecule has 0 fully saturated rings. The van der Waals surface area contributed by atoms with Gasteiger partial charge in [0.25, 0.3) is 0 Å². The molecule has 0 heterocycles. The fourth-order valence-electron chi connectivity index (χ4n) is 0.387. The van der Waals surface area contributed by atoms with E-state index in [1.165, 1.54) is 13.0 Å². The summed E-state index contributed by atoms with van der Waals surface area (Å²) in [6.07, 6.45) is 1.79. The highest BCUT2D eigenvalue weighted by Gasteiger charge is 2.25. The zero-order chi connectivity index (χ0) is 7.49. The van der Waals surface area contributed by atoms with Gasteiger partial charge in [-0.3, -0.25) is 4.79 Å². The van der Waals surface area contributed by atoms with Gasteiger partial charge in [-0.25, -0.2) is 0 Å². The molecular weight excluding hydrogens is 154 g/mol. The highest BCUT2D eigenvalue weighted by atomic mass is 35.5. The van der Waals surface area contributed by atoms with E-state index in [1.807, 2.05) is 0 Å². The molecule has 4 heteroatoms. The summed E-state index contributed by atoms with van der Waals surface area (Å²) in [5.74, 6) is -0.998. The number of hydrogen-bond donors (Lipinski definition) is 2. The quantitative estimate of drug-likeness (QED) is 0.608. The molecule has 0 amide bonds. The van der Waals surface area contributed by atoms with Crippen LogP contribution in [0.4, 0.5) is 0 Å². The Morgan fingerprint density at radius 3 is 2.40 bits per heavy atom. The molecule has 0 rings (SSSR count). The number of halogens is 1. The average molecular weight is 166 g/mol. The van der Waals surface area contributed by atoms with Crippen molar-refractivity contribution in [2.45, 2.75) is 18.9 Å². The predicted molar refractivity (Wildman–Crippen MR) is 42.3 cm³/mol. The number of rotatable bonds is 3. The first-order chi connectivity index (χ1) is 4.00. The maximum Gasteiger partial charge on any atom is 0.323 e. The Labute approximate surface area is 66.3 Å². The maximum absolute atomic E-state index is 10.2. The highest BCUT2D eigenvalue weighted by molar-refractivity contribution is 5.85. The van der Waals surface area contributed by atoms with Crippen molar-refractivity contribution in [1.82, 2.24) is 0 Å². The molecule has 3 nitrogen and oxygen atoms in total. The summed E-state index contributed by atoms with van der Waals surface area (Å²) in [5, 5.41) is 8.40. The largest absolute Gasteiger partial charge is 0.480 e. The number of hydrogen-bond acceptors (Lipinski definition) is 2. The second kappa shape index (κ2) is 4.30. The summed E-state index contributed by atoms with van der Waals surface area (Å²) >= 11 is 0. The van der Waals surface area contributed by atoms with Crippen LogP contribution in [0.2, 0.25) is 0 Å². The lowest BCUT2D eigenvalue weighted by Crippen LogP contribution is -2.44. The molecule has 0 bridgehead atoms. The smallest absolute Gasteiger partial charge is 0.323 e. The number of aliphatic carboxylic acids is 1. The third-order valence-electron chi connectivity index (χ3n) is 1.06. The first-order valence-corrected chi connectivity index (χ1v) is 2.64. The van der Waals surface area contributed by atoms with Gasteiger partial charge in [-0.1, -0.05) is 6.08 Å². The molecule has 0 spiro atoms. The molecule has 60 valence electrons. The van der Waals surface area contributed by atoms with Crippen LogP contribution >= 0.6 is 12.4 Å². The lowest BCUT2D eigenvalue weighted by molar-refractivity contribution is -0.142. The number of carboxylic acid groups (broad SMARTS) is 1. The standard InChI is InChI=1S/C6H11NO2.ClH/c1-3-4-6(2,7)5(8)9;/h3H,1,4,7H2,2H3,(H,8,9);1H/t6-;/m1./s1. The monoisotopic (exact) mass is 165 g/mol. The summed E-state index contributed by atoms with van der Waals surface area (Å²) in [6, 6.07) is 0. The summed E-state index contributed by atoms with van der Waals surface area (Å²) in [6.45, 7) is 4.84. The van der Waals surface area contributed by atoms with Gasteiger partial charge in [-0.05, 0) is 13.3 Å². The Hall–Kier alpha value is -0.540. The van der Waals surface area contributed by atoms with Gasteiger partial charge < -0.3 is 10.8 Å². The lowest BCUT2D eigenvalue weighted by Gasteiger charge is -2.15. The van der Waals surface area contributed by atoms with Crippen molar-refractivity contribution in [2.24, 2.45) is 5.73 Å². The van der Waals surface area contributed by atoms with Crippen LogP contribution in [0, 0.1) is 0 Å². The van der Waals surface area contributed by atoms with Crippen LogP contribution in [0.5, 0.6) is 0 Å². The zero-order valence-corrected chi connectivity index (χ0v) is 6.65. The van der Waals surface area contributed by atoms with E-state index in [1.54, 1.807) is 0 Å². The second-order valence-corrected chi connectivity index (χ2v) is 2.22. The maximum atomic E-state index is 10.2. The van der Waals surface area contributed by atoms with E-state index in [-0.39, 0.29) is 12.4 Å². The number of carboxylic acids is 1. The molecule has 0 aromatic carbocycles. The van der Waals surface area contributed by atoms with Crippen LogP contribution in [0.15, 0.2) is 12.7 Å². The van der Waals surface area contributed by atoms with Crippen molar-refractivity contribution >= 4 is 18.4 Å². The minimum atomic E-state index is -1.15. The molecule has 1 atom stereocenters. The molecule has 0 saturated carbocycles. The van der Waals surface area contributed by atoms with Crippen LogP contribution in [0.3, 0.4) is 0 Å². The van der Waals surface area contributed by atoms with Crippen LogP contribution in [-0.2, 0) is 4.79 Å². The summed E-state index contributed by atoms with van der Waals surface area (Å²) in [7, 11) is 0. The summed E-state index contributed by atoms with van der Waals surface area (Å²) in [5.41, 5.74) is 4.15. The Balaban J connectivity index is 0. The lowest BCUT2D eigenvalue weighted by atomic mass is 10.0. The van der Waals surface area contributed by atoms with E-state index >= 15 is 0 Å². The molecule has 0 aliphatic rings. The van der Waals surface area contributed by atoms with E-state index < -0.39 is 11.5 Å². The highest BCUT2D eigenvalue weighted by Crippen LogP contribution is 2.04. The Bertz CT molecular complexity index is 134. The van der Waals surface area contributed by atoms with Crippen molar-refractivity contribution < 1.29 is 9.90 Å². The van der Waals surface area contributed by atoms with Gasteiger partial charge in [0, 0.05) is 0 Å². The van der Waals surface area contributed by atoms with Crippen LogP contribution in [-0.4, -0.2) is 16.6 Å². The van der Waals surface area contributed by atoms with E-state index in [0.717, 1.165) is 0 Å². The van der Waals surface area contributed by atoms with Gasteiger partial charge in [-0.2, -0.15) is 0 Å². The average Bonchev–Trinajstić information content (AvgIpc) is 1.65. The fraction of sp³-hybridized carbons (Fsp3) is 0.500. The summed E-state index contributed by atoms with van der Waals surface area (Å²) in [4.78, 5) is 10.2. The fourth-order valence-corrected chi connectivity index (χ4v) is 0.387. The molecule has 0 radical (unpaired) electrons. The van der Waals surface area contributed by atoms with Gasteiger partial charge in [0.15, 0.2) is 0 Å². The molecule has 0 aliphatic carbocycles. The first-order valence-electron chi connectivity index (χ1n) is 2.64. The Morgan fingerprint density at radius 2 is 2.30 bits per heavy atom. The predicted octanol–water partition coefficient (Wildman–Crippen LogP) is 0.786. The Kier molecular flexibility index (Phi) is 5.24. The van der Waals surface area contributed by atoms with Crippen LogP contribution < -0.4 is 5.73 Å². The van der Waals surface area contributed by atoms with Gasteiger partial charge in [0.05, 0.1) is 0 Å². The zero-order valence-electron chi connectivity index (χ0n) is 5.83. The molecule has 3 N–H and O–H groups in total. The van der Waals surface area contributed by atoms with Crippen molar-refractivity contribution in [1.29, 1.82) is 0 Å². The normalized spacial score (nSPS) is 14.6. The topological polar surface area (TPSA) is 63.3 Å². The van der Waals surface area contributed by atoms with Crippen molar-refractivity contribution in [3.63, 3.8) is 0 Å². The molecule has 10 heavy (non-hydrogen) atoms. The molecule has 0 aromatic rings. The van der Waals surface area contributed by atoms with Crippen molar-refractivity contribution in [3.8, 4) is 0 Å². The minimum Gasteiger partial charge on any atom is -0.480 e. The van der Waals surface area contributed by atoms with E-state index in [0.29, 0.717) is 6.42 Å². The van der Waals surface area contributed by atoms with Crippen molar-refractivity contribution in [2.75, 3.05) is 0 Å². The van der Waals surface area contributed by atoms with Gasteiger partial charge in [0.2, 0.25) is 0 Å². The third kappa shape index (κ3) is 3.48. The Morgan fingerprint density at radius 1 is 1.90 bits per heavy atom. The van der Waals surface area contributed by atoms with Crippen LogP contribution in [0.1, 0.15) is 13.3 Å². The van der Waals surface area contributed by atoms with Crippen LogP contribution in [0.25, 0.3) is 0 Å². The number of nitrogens with two attached hydrogens (primary N) is 1. The van der Waals surface area contributed by atoms with E-state index in [2.05, 4.69) is 6.58 Å².